The smallest absolute Gasteiger partial charge is 0.0546 e. The fourth-order valence-electron chi connectivity index (χ4n) is 6.77. The maximum atomic E-state index is 2.44. The van der Waals surface area contributed by atoms with Crippen LogP contribution in [0, 0.1) is 0 Å². The van der Waals surface area contributed by atoms with E-state index in [-0.39, 0.29) is 0 Å². The van der Waals surface area contributed by atoms with Crippen LogP contribution in [0.4, 0.5) is 17.1 Å². The Bertz CT molecular complexity index is 2500. The Morgan fingerprint density at radius 3 is 1.82 bits per heavy atom. The van der Waals surface area contributed by atoms with Crippen molar-refractivity contribution >= 4 is 80.9 Å². The number of thiophene rings is 1. The minimum Gasteiger partial charge on any atom is -0.310 e. The zero-order valence-corrected chi connectivity index (χ0v) is 24.8. The molecular weight excluding hydrogens is 551 g/mol. The normalized spacial score (nSPS) is 11.6. The first-order valence-corrected chi connectivity index (χ1v) is 15.8. The molecule has 1 heterocycles. The maximum Gasteiger partial charge on any atom is 0.0546 e. The zero-order valence-electron chi connectivity index (χ0n) is 23.9. The summed E-state index contributed by atoms with van der Waals surface area (Å²) < 4.78 is 2.62. The molecule has 0 N–H and O–H groups in total. The molecule has 0 radical (unpaired) electrons. The van der Waals surface area contributed by atoms with E-state index in [9.17, 15) is 0 Å². The number of nitrogens with zero attached hydrogens (tertiary/aromatic N) is 1. The Morgan fingerprint density at radius 1 is 0.364 bits per heavy atom. The van der Waals surface area contributed by atoms with E-state index >= 15 is 0 Å². The van der Waals surface area contributed by atoms with Gasteiger partial charge in [-0.1, -0.05) is 127 Å². The molecule has 0 saturated heterocycles. The van der Waals surface area contributed by atoms with Crippen LogP contribution in [0.1, 0.15) is 0 Å². The fraction of sp³-hybridized carbons (Fsp3) is 0. The van der Waals surface area contributed by atoms with Crippen molar-refractivity contribution in [2.45, 2.75) is 0 Å². The predicted octanol–water partition coefficient (Wildman–Crippen LogP) is 12.7. The lowest BCUT2D eigenvalue weighted by atomic mass is 9.97. The van der Waals surface area contributed by atoms with Gasteiger partial charge in [-0.25, -0.2) is 0 Å². The molecule has 0 aliphatic carbocycles. The van der Waals surface area contributed by atoms with Gasteiger partial charge in [0.15, 0.2) is 0 Å². The topological polar surface area (TPSA) is 3.24 Å². The Morgan fingerprint density at radius 2 is 0.977 bits per heavy atom. The molecular formula is C42H27NS. The van der Waals surface area contributed by atoms with Gasteiger partial charge in [-0.05, 0) is 74.5 Å². The van der Waals surface area contributed by atoms with Crippen molar-refractivity contribution in [2.75, 3.05) is 4.90 Å². The van der Waals surface area contributed by atoms with Crippen LogP contribution in [0.25, 0.3) is 63.6 Å². The van der Waals surface area contributed by atoms with Crippen LogP contribution >= 0.6 is 11.3 Å². The zero-order chi connectivity index (χ0) is 29.0. The highest BCUT2D eigenvalue weighted by Crippen LogP contribution is 2.44. The molecule has 0 aliphatic rings. The molecule has 8 aromatic carbocycles. The lowest BCUT2D eigenvalue weighted by Gasteiger charge is -2.28. The van der Waals surface area contributed by atoms with Gasteiger partial charge in [0.25, 0.3) is 0 Å². The highest BCUT2D eigenvalue weighted by atomic mass is 32.1. The van der Waals surface area contributed by atoms with Gasteiger partial charge < -0.3 is 4.90 Å². The minimum atomic E-state index is 1.13. The Labute approximate surface area is 259 Å². The van der Waals surface area contributed by atoms with E-state index in [4.69, 9.17) is 0 Å². The average molecular weight is 578 g/mol. The van der Waals surface area contributed by atoms with E-state index in [1.807, 2.05) is 11.3 Å². The quantitative estimate of drug-likeness (QED) is 0.188. The number of fused-ring (bicyclic) bond motifs is 7. The molecule has 1 nitrogen and oxygen atoms in total. The summed E-state index contributed by atoms with van der Waals surface area (Å²) in [5.74, 6) is 0. The highest BCUT2D eigenvalue weighted by molar-refractivity contribution is 7.25. The Kier molecular flexibility index (Phi) is 5.75. The van der Waals surface area contributed by atoms with Crippen molar-refractivity contribution in [3.8, 4) is 11.1 Å². The molecule has 2 heteroatoms. The van der Waals surface area contributed by atoms with Crippen molar-refractivity contribution in [3.63, 3.8) is 0 Å². The maximum absolute atomic E-state index is 2.44. The largest absolute Gasteiger partial charge is 0.310 e. The lowest BCUT2D eigenvalue weighted by Crippen LogP contribution is -2.10. The first kappa shape index (κ1) is 25.1. The molecule has 0 saturated carbocycles. The molecule has 0 atom stereocenters. The number of hydrogen-bond acceptors (Lipinski definition) is 2. The fourth-order valence-corrected chi connectivity index (χ4v) is 7.91. The SMILES string of the molecule is c1ccc2c(-c3ccc(N(c4ccc5c(c4)sc4ccccc45)c4cc5ccccc5c5ccccc45)cc3)cccc2c1. The van der Waals surface area contributed by atoms with Crippen LogP contribution in [-0.2, 0) is 0 Å². The van der Waals surface area contributed by atoms with Crippen molar-refractivity contribution in [3.05, 3.63) is 164 Å². The van der Waals surface area contributed by atoms with Crippen LogP contribution in [0.15, 0.2) is 164 Å². The molecule has 9 rings (SSSR count). The van der Waals surface area contributed by atoms with Crippen LogP contribution in [-0.4, -0.2) is 0 Å². The molecule has 9 aromatic rings. The van der Waals surface area contributed by atoms with Crippen LogP contribution in [0.3, 0.4) is 0 Å². The minimum absolute atomic E-state index is 1.13. The van der Waals surface area contributed by atoms with Crippen molar-refractivity contribution in [1.82, 2.24) is 0 Å². The summed E-state index contributed by atoms with van der Waals surface area (Å²) >= 11 is 1.86. The van der Waals surface area contributed by atoms with E-state index in [0.717, 1.165) is 11.4 Å². The van der Waals surface area contributed by atoms with Crippen LogP contribution < -0.4 is 4.90 Å². The molecule has 0 aliphatic heterocycles. The summed E-state index contributed by atoms with van der Waals surface area (Å²) in [4.78, 5) is 2.44. The first-order valence-electron chi connectivity index (χ1n) is 15.0. The Hall–Kier alpha value is -5.44. The van der Waals surface area contributed by atoms with E-state index in [1.165, 1.54) is 69.3 Å². The number of benzene rings is 8. The van der Waals surface area contributed by atoms with Gasteiger partial charge in [-0.3, -0.25) is 0 Å². The van der Waals surface area contributed by atoms with Gasteiger partial charge in [-0.15, -0.1) is 11.3 Å². The van der Waals surface area contributed by atoms with Gasteiger partial charge >= 0.3 is 0 Å². The van der Waals surface area contributed by atoms with Gasteiger partial charge in [0.2, 0.25) is 0 Å². The van der Waals surface area contributed by atoms with Crippen molar-refractivity contribution in [1.29, 1.82) is 0 Å². The molecule has 0 unspecified atom stereocenters. The molecule has 0 amide bonds. The average Bonchev–Trinajstić information content (AvgIpc) is 3.46. The van der Waals surface area contributed by atoms with E-state index in [1.54, 1.807) is 0 Å². The summed E-state index contributed by atoms with van der Waals surface area (Å²) in [7, 11) is 0. The predicted molar refractivity (Wildman–Crippen MR) is 192 cm³/mol. The molecule has 0 spiro atoms. The number of anilines is 3. The second-order valence-corrected chi connectivity index (χ2v) is 12.4. The molecule has 0 fully saturated rings. The Balaban J connectivity index is 1.28. The molecule has 206 valence electrons. The summed E-state index contributed by atoms with van der Waals surface area (Å²) in [5.41, 5.74) is 5.94. The van der Waals surface area contributed by atoms with Crippen molar-refractivity contribution in [2.24, 2.45) is 0 Å². The third kappa shape index (κ3) is 4.00. The lowest BCUT2D eigenvalue weighted by molar-refractivity contribution is 1.31. The van der Waals surface area contributed by atoms with E-state index in [0.29, 0.717) is 0 Å². The molecule has 0 bridgehead atoms. The van der Waals surface area contributed by atoms with Gasteiger partial charge in [0, 0.05) is 36.9 Å². The van der Waals surface area contributed by atoms with Gasteiger partial charge in [0.1, 0.15) is 0 Å². The highest BCUT2D eigenvalue weighted by Gasteiger charge is 2.19. The third-order valence-electron chi connectivity index (χ3n) is 8.83. The van der Waals surface area contributed by atoms with Crippen LogP contribution in [0.5, 0.6) is 0 Å². The number of rotatable bonds is 4. The summed E-state index contributed by atoms with van der Waals surface area (Å²) in [6.45, 7) is 0. The summed E-state index contributed by atoms with van der Waals surface area (Å²) in [6.07, 6.45) is 0. The van der Waals surface area contributed by atoms with Crippen molar-refractivity contribution < 1.29 is 0 Å². The molecule has 1 aromatic heterocycles. The first-order chi connectivity index (χ1) is 21.8. The summed E-state index contributed by atoms with van der Waals surface area (Å²) in [5, 5.41) is 10.2. The summed E-state index contributed by atoms with van der Waals surface area (Å²) in [6, 6.07) is 59.8. The van der Waals surface area contributed by atoms with E-state index in [2.05, 4.69) is 169 Å². The monoisotopic (exact) mass is 577 g/mol. The van der Waals surface area contributed by atoms with Gasteiger partial charge in [-0.2, -0.15) is 0 Å². The second-order valence-electron chi connectivity index (χ2n) is 11.4. The number of hydrogen-bond donors (Lipinski definition) is 0. The second kappa shape index (κ2) is 10.1. The third-order valence-corrected chi connectivity index (χ3v) is 9.97. The standard InChI is InChI=1S/C42H27NS/c1-3-13-33-28(10-1)12-9-18-34(33)29-20-22-31(23-21-29)43(32-24-25-39-38-17-7-8-19-41(38)44-42(39)27-32)40-26-30-11-2-4-14-35(30)36-15-5-6-16-37(36)40/h1-27H. The van der Waals surface area contributed by atoms with Crippen LogP contribution in [0.2, 0.25) is 0 Å². The van der Waals surface area contributed by atoms with Gasteiger partial charge in [0.05, 0.1) is 5.69 Å². The molecule has 44 heavy (non-hydrogen) atoms. The van der Waals surface area contributed by atoms with E-state index < -0.39 is 0 Å².